The van der Waals surface area contributed by atoms with Crippen LogP contribution in [-0.2, 0) is 25.6 Å². The van der Waals surface area contributed by atoms with E-state index < -0.39 is 42.3 Å². The Balaban J connectivity index is 2.86. The largest absolute Gasteiger partial charge is 0.480 e. The molecule has 0 aliphatic rings. The van der Waals surface area contributed by atoms with Crippen LogP contribution in [0.2, 0.25) is 0 Å². The number of guanidine groups is 1. The second kappa shape index (κ2) is 12.7. The summed E-state index contributed by atoms with van der Waals surface area (Å²) in [6.07, 6.45) is 3.45. The number of H-pyrrole nitrogens is 1. The molecule has 0 radical (unpaired) electrons. The molecule has 0 saturated heterocycles. The van der Waals surface area contributed by atoms with Gasteiger partial charge in [0.1, 0.15) is 18.6 Å². The Labute approximate surface area is 172 Å². The van der Waals surface area contributed by atoms with Crippen molar-refractivity contribution in [2.45, 2.75) is 31.3 Å². The quantitative estimate of drug-likeness (QED) is 0.0873. The number of aliphatic carboxylic acids is 1. The second-order valence-electron chi connectivity index (χ2n) is 6.23. The number of amides is 3. The van der Waals surface area contributed by atoms with Crippen LogP contribution in [0.4, 0.5) is 0 Å². The normalized spacial score (nSPS) is 12.3. The minimum Gasteiger partial charge on any atom is -0.480 e. The van der Waals surface area contributed by atoms with Crippen LogP contribution in [-0.4, -0.2) is 76.4 Å². The Kier molecular flexibility index (Phi) is 10.3. The van der Waals surface area contributed by atoms with Crippen LogP contribution in [0.1, 0.15) is 18.5 Å². The molecule has 0 aromatic carbocycles. The summed E-state index contributed by atoms with van der Waals surface area (Å²) in [6, 6.07) is -2.10. The minimum absolute atomic E-state index is 0.0305. The van der Waals surface area contributed by atoms with E-state index in [1.807, 2.05) is 0 Å². The standard InChI is InChI=1S/C16H27N9O5/c17-5-12(26)24-10(2-1-3-21-16(18)19)15(30)25-11(4-9-6-20-8-23-9)14(29)22-7-13(27)28/h6,8,10-11H,1-5,7,17H2,(H,20,23)(H,22,29)(H,24,26)(H,25,30)(H,27,28)(H4,18,19,21). The van der Waals surface area contributed by atoms with Crippen molar-refractivity contribution in [2.24, 2.45) is 22.2 Å². The van der Waals surface area contributed by atoms with Crippen molar-refractivity contribution >= 4 is 29.7 Å². The number of carboxylic acid groups (broad SMARTS) is 1. The molecule has 2 unspecified atom stereocenters. The summed E-state index contributed by atoms with van der Waals surface area (Å²) in [5.41, 5.74) is 16.3. The molecule has 0 fully saturated rings. The van der Waals surface area contributed by atoms with Gasteiger partial charge in [-0.15, -0.1) is 0 Å². The fourth-order valence-electron chi connectivity index (χ4n) is 2.41. The zero-order valence-electron chi connectivity index (χ0n) is 16.3. The number of hydrogen-bond donors (Lipinski definition) is 8. The molecule has 14 nitrogen and oxygen atoms in total. The molecular formula is C16H27N9O5. The lowest BCUT2D eigenvalue weighted by Crippen LogP contribution is -2.55. The molecule has 14 heteroatoms. The van der Waals surface area contributed by atoms with Crippen LogP contribution in [0.25, 0.3) is 0 Å². The van der Waals surface area contributed by atoms with Crippen molar-refractivity contribution in [1.82, 2.24) is 25.9 Å². The van der Waals surface area contributed by atoms with E-state index in [0.717, 1.165) is 0 Å². The van der Waals surface area contributed by atoms with Crippen LogP contribution in [0, 0.1) is 0 Å². The molecule has 166 valence electrons. The Morgan fingerprint density at radius 2 is 1.90 bits per heavy atom. The molecule has 2 atom stereocenters. The number of carboxylic acids is 1. The van der Waals surface area contributed by atoms with E-state index in [9.17, 15) is 19.2 Å². The molecular weight excluding hydrogens is 398 g/mol. The van der Waals surface area contributed by atoms with Gasteiger partial charge in [0.25, 0.3) is 0 Å². The maximum Gasteiger partial charge on any atom is 0.322 e. The molecule has 3 amide bonds. The fourth-order valence-corrected chi connectivity index (χ4v) is 2.41. The lowest BCUT2D eigenvalue weighted by Gasteiger charge is -2.22. The van der Waals surface area contributed by atoms with Gasteiger partial charge in [-0.1, -0.05) is 0 Å². The molecule has 11 N–H and O–H groups in total. The van der Waals surface area contributed by atoms with E-state index in [0.29, 0.717) is 12.1 Å². The van der Waals surface area contributed by atoms with Crippen LogP contribution in [0.5, 0.6) is 0 Å². The number of aliphatic imine (C=N–C) groups is 1. The highest BCUT2D eigenvalue weighted by Crippen LogP contribution is 2.03. The van der Waals surface area contributed by atoms with E-state index in [1.165, 1.54) is 12.5 Å². The number of aromatic amines is 1. The van der Waals surface area contributed by atoms with Gasteiger partial charge >= 0.3 is 5.97 Å². The van der Waals surface area contributed by atoms with Gasteiger partial charge in [0.05, 0.1) is 12.9 Å². The van der Waals surface area contributed by atoms with Gasteiger partial charge in [-0.25, -0.2) is 4.98 Å². The van der Waals surface area contributed by atoms with Crippen molar-refractivity contribution in [3.63, 3.8) is 0 Å². The lowest BCUT2D eigenvalue weighted by atomic mass is 10.1. The predicted octanol–water partition coefficient (Wildman–Crippen LogP) is -3.87. The number of nitrogens with zero attached hydrogens (tertiary/aromatic N) is 2. The number of hydrogen-bond acceptors (Lipinski definition) is 7. The summed E-state index contributed by atoms with van der Waals surface area (Å²) in [5, 5.41) is 16.0. The van der Waals surface area contributed by atoms with Crippen molar-refractivity contribution in [2.75, 3.05) is 19.6 Å². The summed E-state index contributed by atoms with van der Waals surface area (Å²) >= 11 is 0. The van der Waals surface area contributed by atoms with Crippen LogP contribution < -0.4 is 33.2 Å². The van der Waals surface area contributed by atoms with E-state index >= 15 is 0 Å². The SMILES string of the molecule is NCC(=O)NC(CCCN=C(N)N)C(=O)NC(Cc1cnc[nH]1)C(=O)NCC(=O)O. The summed E-state index contributed by atoms with van der Waals surface area (Å²) < 4.78 is 0. The Hall–Kier alpha value is -3.68. The second-order valence-corrected chi connectivity index (χ2v) is 6.23. The lowest BCUT2D eigenvalue weighted by molar-refractivity contribution is -0.138. The monoisotopic (exact) mass is 425 g/mol. The van der Waals surface area contributed by atoms with E-state index in [-0.39, 0.29) is 31.9 Å². The first-order valence-electron chi connectivity index (χ1n) is 9.04. The Morgan fingerprint density at radius 1 is 1.17 bits per heavy atom. The summed E-state index contributed by atoms with van der Waals surface area (Å²) in [5.74, 6) is -3.24. The number of rotatable bonds is 13. The molecule has 0 aliphatic carbocycles. The van der Waals surface area contributed by atoms with Crippen molar-refractivity contribution in [3.8, 4) is 0 Å². The molecule has 1 rings (SSSR count). The number of imidazole rings is 1. The molecule has 0 saturated carbocycles. The van der Waals surface area contributed by atoms with Gasteiger partial charge in [-0.05, 0) is 12.8 Å². The number of carbonyl (C=O) groups excluding carboxylic acids is 3. The highest BCUT2D eigenvalue weighted by Gasteiger charge is 2.27. The van der Waals surface area contributed by atoms with Gasteiger partial charge in [-0.3, -0.25) is 24.2 Å². The maximum absolute atomic E-state index is 12.7. The van der Waals surface area contributed by atoms with Gasteiger partial charge in [0, 0.05) is 24.9 Å². The molecule has 0 bridgehead atoms. The smallest absolute Gasteiger partial charge is 0.322 e. The van der Waals surface area contributed by atoms with Crippen LogP contribution >= 0.6 is 0 Å². The zero-order chi connectivity index (χ0) is 22.5. The summed E-state index contributed by atoms with van der Waals surface area (Å²) in [4.78, 5) is 57.9. The number of aromatic nitrogens is 2. The van der Waals surface area contributed by atoms with E-state index in [2.05, 4.69) is 30.9 Å². The predicted molar refractivity (Wildman–Crippen MR) is 106 cm³/mol. The number of nitrogens with one attached hydrogen (secondary N) is 4. The first kappa shape index (κ1) is 24.4. The first-order valence-corrected chi connectivity index (χ1v) is 9.04. The Bertz CT molecular complexity index is 746. The van der Waals surface area contributed by atoms with Gasteiger partial charge in [-0.2, -0.15) is 0 Å². The van der Waals surface area contributed by atoms with Crippen molar-refractivity contribution in [3.05, 3.63) is 18.2 Å². The van der Waals surface area contributed by atoms with Gasteiger partial charge < -0.3 is 43.2 Å². The van der Waals surface area contributed by atoms with Gasteiger partial charge in [0.2, 0.25) is 17.7 Å². The molecule has 1 heterocycles. The minimum atomic E-state index is -1.23. The first-order chi connectivity index (χ1) is 14.2. The maximum atomic E-state index is 12.7. The molecule has 0 spiro atoms. The van der Waals surface area contributed by atoms with Crippen molar-refractivity contribution < 1.29 is 24.3 Å². The highest BCUT2D eigenvalue weighted by molar-refractivity contribution is 5.93. The third-order valence-electron chi connectivity index (χ3n) is 3.81. The summed E-state index contributed by atoms with van der Waals surface area (Å²) in [7, 11) is 0. The van der Waals surface area contributed by atoms with E-state index in [4.69, 9.17) is 22.3 Å². The molecule has 1 aromatic heterocycles. The summed E-state index contributed by atoms with van der Waals surface area (Å²) in [6.45, 7) is -0.699. The highest BCUT2D eigenvalue weighted by atomic mass is 16.4. The fraction of sp³-hybridized carbons (Fsp3) is 0.500. The van der Waals surface area contributed by atoms with E-state index in [1.54, 1.807) is 0 Å². The number of nitrogens with two attached hydrogens (primary N) is 3. The molecule has 30 heavy (non-hydrogen) atoms. The Morgan fingerprint density at radius 3 is 2.47 bits per heavy atom. The van der Waals surface area contributed by atoms with Crippen LogP contribution in [0.3, 0.4) is 0 Å². The zero-order valence-corrected chi connectivity index (χ0v) is 16.3. The average Bonchev–Trinajstić information content (AvgIpc) is 3.20. The number of carbonyl (C=O) groups is 4. The third-order valence-corrected chi connectivity index (χ3v) is 3.81. The third kappa shape index (κ3) is 9.50. The molecule has 1 aromatic rings. The van der Waals surface area contributed by atoms with Crippen molar-refractivity contribution in [1.29, 1.82) is 0 Å². The van der Waals surface area contributed by atoms with Crippen LogP contribution in [0.15, 0.2) is 17.5 Å². The van der Waals surface area contributed by atoms with Gasteiger partial charge in [0.15, 0.2) is 5.96 Å². The topological polar surface area (TPSA) is 244 Å². The molecule has 0 aliphatic heterocycles. The average molecular weight is 425 g/mol.